The number of aromatic nitrogens is 4. The summed E-state index contributed by atoms with van der Waals surface area (Å²) in [5, 5.41) is 4.65. The van der Waals surface area contributed by atoms with E-state index in [0.29, 0.717) is 0 Å². The predicted molar refractivity (Wildman–Crippen MR) is 203 cm³/mol. The van der Waals surface area contributed by atoms with E-state index in [1.165, 1.54) is 35.0 Å². The molecule has 0 fully saturated rings. The van der Waals surface area contributed by atoms with Crippen LogP contribution in [0, 0.1) is 37.1 Å². The molecule has 0 saturated heterocycles. The van der Waals surface area contributed by atoms with E-state index in [-0.39, 0.29) is 53.8 Å². The summed E-state index contributed by atoms with van der Waals surface area (Å²) in [7, 11) is 3.86. The summed E-state index contributed by atoms with van der Waals surface area (Å²) in [6.45, 7) is 3.79. The fourth-order valence-electron chi connectivity index (χ4n) is 5.52. The van der Waals surface area contributed by atoms with Crippen molar-refractivity contribution in [1.29, 1.82) is 0 Å². The van der Waals surface area contributed by atoms with Crippen molar-refractivity contribution in [2.24, 2.45) is 0 Å². The van der Waals surface area contributed by atoms with Gasteiger partial charge in [0.2, 0.25) is 0 Å². The number of hydrogen-bond acceptors (Lipinski definition) is 6. The van der Waals surface area contributed by atoms with Gasteiger partial charge in [0.15, 0.2) is 0 Å². The molecular weight excluding hydrogens is 1040 g/mol. The second kappa shape index (κ2) is 18.6. The van der Waals surface area contributed by atoms with Gasteiger partial charge in [0.1, 0.15) is 0 Å². The first-order valence-corrected chi connectivity index (χ1v) is 16.4. The average Bonchev–Trinajstić information content (AvgIpc) is 3.98. The van der Waals surface area contributed by atoms with Crippen LogP contribution in [0.1, 0.15) is 0 Å². The minimum absolute atomic E-state index is 0. The second-order valence-corrected chi connectivity index (χ2v) is 11.8. The maximum atomic E-state index is 12.6. The predicted octanol–water partition coefficient (Wildman–Crippen LogP) is 8.62. The van der Waals surface area contributed by atoms with Crippen LogP contribution in [-0.4, -0.2) is 33.9 Å². The smallest absolute Gasteiger partial charge is 0.00884 e. The summed E-state index contributed by atoms with van der Waals surface area (Å²) < 4.78 is 25.1. The van der Waals surface area contributed by atoms with Gasteiger partial charge >= 0.3 is 0 Å². The molecule has 0 atom stereocenters. The second-order valence-electron chi connectivity index (χ2n) is 11.8. The topological polar surface area (TPSA) is 66.9 Å². The molecule has 10 rings (SSSR count). The van der Waals surface area contributed by atoms with Crippen molar-refractivity contribution in [2.45, 2.75) is 0 Å². The normalized spacial score (nSPS) is 12.8. The summed E-state index contributed by atoms with van der Waals surface area (Å²) in [5.74, 6) is -0.527. The molecule has 0 bridgehead atoms. The van der Waals surface area contributed by atoms with Crippen LogP contribution in [0.2, 0.25) is 0 Å². The van der Waals surface area contributed by atoms with E-state index < -0.39 is 0 Å². The molecule has 0 N–H and O–H groups in total. The van der Waals surface area contributed by atoms with Crippen LogP contribution < -0.4 is 19.8 Å². The van der Waals surface area contributed by atoms with Gasteiger partial charge in [-0.1, -0.05) is 96.5 Å². The summed E-state index contributed by atoms with van der Waals surface area (Å²) >= 11 is 0. The van der Waals surface area contributed by atoms with Gasteiger partial charge in [0.05, 0.1) is 0 Å². The van der Waals surface area contributed by atoms with Crippen molar-refractivity contribution in [3.63, 3.8) is 0 Å². The fourth-order valence-corrected chi connectivity index (χ4v) is 5.52. The van der Waals surface area contributed by atoms with Crippen molar-refractivity contribution in [3.8, 4) is 0 Å². The van der Waals surface area contributed by atoms with Gasteiger partial charge < -0.3 is 39.5 Å². The number of para-hydroxylation sites is 2. The molecule has 0 spiro atoms. The van der Waals surface area contributed by atoms with Gasteiger partial charge in [0.25, 0.3) is 0 Å². The van der Waals surface area contributed by atoms with Gasteiger partial charge in [0, 0.05) is 53.8 Å². The zero-order valence-corrected chi connectivity index (χ0v) is 33.5. The number of pyridine rings is 2. The van der Waals surface area contributed by atoms with Crippen molar-refractivity contribution >= 4 is 55.2 Å². The molecule has 0 aliphatic carbocycles. The van der Waals surface area contributed by atoms with Crippen molar-refractivity contribution < 1.29 is 50.9 Å². The van der Waals surface area contributed by atoms with E-state index in [4.69, 9.17) is 0 Å². The molecule has 4 aromatic heterocycles. The zero-order valence-electron chi connectivity index (χ0n) is 29.0. The quantitative estimate of drug-likeness (QED) is 0.160. The maximum Gasteiger partial charge on any atom is 0.00884 e. The Labute approximate surface area is 341 Å². The van der Waals surface area contributed by atoms with E-state index in [1.54, 1.807) is 24.5 Å². The van der Waals surface area contributed by atoms with Crippen LogP contribution in [0.15, 0.2) is 146 Å². The standard InChI is InChI=1S/2C11H7N2.2C10H9FN2.2Pt/c2*1-2-6-10-8(4-1)9-5-3-7-12-11(9)13-10;2*1-12-6-7-13(8-12)10-4-2-9(11)3-5-10;;/h2*1-7H;2*2-4,6-8H,1H3;;/q2*-1;2*-2;;. The molecule has 6 heterocycles. The first-order chi connectivity index (χ1) is 25.4. The summed E-state index contributed by atoms with van der Waals surface area (Å²) in [6.07, 6.45) is 11.2. The number of benzene rings is 4. The molecule has 2 aliphatic rings. The molecule has 8 nitrogen and oxygen atoms in total. The van der Waals surface area contributed by atoms with Crippen LogP contribution >= 0.6 is 0 Å². The van der Waals surface area contributed by atoms with E-state index in [9.17, 15) is 8.78 Å². The average molecular weight is 1080 g/mol. The Balaban J connectivity index is 0.000000137. The van der Waals surface area contributed by atoms with Crippen molar-refractivity contribution in [3.05, 3.63) is 183 Å². The number of halogens is 2. The molecule has 12 heteroatoms. The molecule has 0 saturated carbocycles. The van der Waals surface area contributed by atoms with Crippen molar-refractivity contribution in [1.82, 2.24) is 29.7 Å². The molecular formula is C42H32F2N8Pt2-6. The molecule has 0 unspecified atom stereocenters. The Morgan fingerprint density at radius 1 is 0.519 bits per heavy atom. The van der Waals surface area contributed by atoms with Gasteiger partial charge in [-0.15, -0.1) is 47.8 Å². The van der Waals surface area contributed by atoms with Crippen LogP contribution in [0.4, 0.5) is 20.2 Å². The zero-order chi connectivity index (χ0) is 35.9. The molecule has 2 aliphatic heterocycles. The van der Waals surface area contributed by atoms with Crippen LogP contribution in [0.5, 0.6) is 0 Å². The summed E-state index contributed by atoms with van der Waals surface area (Å²) in [4.78, 5) is 24.8. The van der Waals surface area contributed by atoms with E-state index in [1.807, 2.05) is 120 Å². The van der Waals surface area contributed by atoms with Crippen molar-refractivity contribution in [2.75, 3.05) is 23.9 Å². The third-order valence-electron chi connectivity index (χ3n) is 8.03. The first-order valence-electron chi connectivity index (χ1n) is 16.4. The Hall–Kier alpha value is -5.30. The summed E-state index contributed by atoms with van der Waals surface area (Å²) in [5.41, 5.74) is 5.39. The molecule has 8 aromatic rings. The number of fused-ring (bicyclic) bond motifs is 6. The number of hydrogen-bond donors (Lipinski definition) is 0. The molecule has 0 radical (unpaired) electrons. The summed E-state index contributed by atoms with van der Waals surface area (Å²) in [6, 6.07) is 38.8. The largest absolute Gasteiger partial charge is 0.510 e. The minimum atomic E-state index is -0.264. The molecule has 54 heavy (non-hydrogen) atoms. The number of rotatable bonds is 2. The number of nitrogens with zero attached hydrogens (tertiary/aromatic N) is 8. The van der Waals surface area contributed by atoms with E-state index in [0.717, 1.165) is 44.5 Å². The molecule has 0 amide bonds. The van der Waals surface area contributed by atoms with Gasteiger partial charge in [-0.3, -0.25) is 8.78 Å². The van der Waals surface area contributed by atoms with Crippen LogP contribution in [-0.2, 0) is 42.1 Å². The van der Waals surface area contributed by atoms with Crippen LogP contribution in [0.25, 0.3) is 43.9 Å². The van der Waals surface area contributed by atoms with E-state index in [2.05, 4.69) is 56.3 Å². The van der Waals surface area contributed by atoms with E-state index >= 15 is 0 Å². The molecule has 280 valence electrons. The SMILES string of the molecule is CN1C=CN(c2[c-]cc(F)cc2)[CH-]1.CN1C=CN(c2[c-]cc(F)cc2)[CH-]1.[Pt].[Pt].c1ccc2c(c1)[n-]c1ncccc12.c1ccc2c(c1)[n-]c1ncccc12. The fraction of sp³-hybridized carbons (Fsp3) is 0.0476. The number of anilines is 2. The third-order valence-corrected chi connectivity index (χ3v) is 8.03. The van der Waals surface area contributed by atoms with Gasteiger partial charge in [-0.2, -0.15) is 25.5 Å². The Kier molecular flexibility index (Phi) is 13.8. The minimum Gasteiger partial charge on any atom is -0.510 e. The maximum absolute atomic E-state index is 12.6. The Morgan fingerprint density at radius 3 is 1.30 bits per heavy atom. The van der Waals surface area contributed by atoms with Crippen LogP contribution in [0.3, 0.4) is 0 Å². The van der Waals surface area contributed by atoms with Gasteiger partial charge in [-0.25, -0.2) is 0 Å². The Bertz CT molecular complexity index is 2190. The Morgan fingerprint density at radius 2 is 0.926 bits per heavy atom. The third kappa shape index (κ3) is 9.62. The first kappa shape index (κ1) is 39.9. The van der Waals surface area contributed by atoms with Gasteiger partial charge in [-0.05, 0) is 71.5 Å². The monoisotopic (exact) mass is 1080 g/mol. The molecule has 4 aromatic carbocycles.